The quantitative estimate of drug-likeness (QED) is 0.788. The van der Waals surface area contributed by atoms with Crippen LogP contribution in [0.2, 0.25) is 5.02 Å². The predicted molar refractivity (Wildman–Crippen MR) is 86.1 cm³/mol. The number of hydrogen-bond acceptors (Lipinski definition) is 4. The fourth-order valence-electron chi connectivity index (χ4n) is 1.75. The van der Waals surface area contributed by atoms with E-state index in [-0.39, 0.29) is 34.9 Å². The van der Waals surface area contributed by atoms with E-state index in [9.17, 15) is 8.42 Å². The molecule has 0 saturated heterocycles. The van der Waals surface area contributed by atoms with E-state index in [1.165, 1.54) is 18.2 Å². The van der Waals surface area contributed by atoms with Gasteiger partial charge in [-0.15, -0.1) is 12.4 Å². The first-order chi connectivity index (χ1) is 9.44. The number of hydrogen-bond donors (Lipinski definition) is 2. The predicted octanol–water partition coefficient (Wildman–Crippen LogP) is 2.43. The number of rotatable bonds is 7. The molecule has 1 aromatic carbocycles. The molecule has 118 valence electrons. The van der Waals surface area contributed by atoms with Gasteiger partial charge in [-0.05, 0) is 24.6 Å². The molecule has 5 nitrogen and oxygen atoms in total. The topological polar surface area (TPSA) is 96.0 Å². The van der Waals surface area contributed by atoms with E-state index >= 15 is 0 Å². The summed E-state index contributed by atoms with van der Waals surface area (Å²) in [6, 6.07) is 5.68. The van der Waals surface area contributed by atoms with Crippen LogP contribution in [0.15, 0.2) is 23.1 Å². The molecule has 8 heteroatoms. The highest BCUT2D eigenvalue weighted by atomic mass is 35.5. The highest BCUT2D eigenvalue weighted by molar-refractivity contribution is 7.89. The molecule has 1 unspecified atom stereocenters. The number of sulfonamides is 1. The number of nitriles is 1. The van der Waals surface area contributed by atoms with Crippen molar-refractivity contribution in [2.75, 3.05) is 6.54 Å². The normalized spacial score (nSPS) is 12.3. The molecular weight excluding hydrogens is 333 g/mol. The van der Waals surface area contributed by atoms with E-state index < -0.39 is 10.0 Å². The van der Waals surface area contributed by atoms with Crippen molar-refractivity contribution >= 4 is 34.0 Å². The maximum atomic E-state index is 12.3. The highest BCUT2D eigenvalue weighted by Gasteiger charge is 2.21. The Morgan fingerprint density at radius 1 is 1.48 bits per heavy atom. The molecule has 0 bridgehead atoms. The van der Waals surface area contributed by atoms with Crippen LogP contribution in [0.3, 0.4) is 0 Å². The van der Waals surface area contributed by atoms with Gasteiger partial charge in [-0.25, -0.2) is 13.1 Å². The van der Waals surface area contributed by atoms with Crippen molar-refractivity contribution in [2.24, 2.45) is 5.73 Å². The van der Waals surface area contributed by atoms with Crippen molar-refractivity contribution in [3.8, 4) is 6.07 Å². The van der Waals surface area contributed by atoms with Gasteiger partial charge in [0.15, 0.2) is 0 Å². The number of benzene rings is 1. The molecule has 1 rings (SSSR count). The molecule has 0 aromatic heterocycles. The lowest BCUT2D eigenvalue weighted by molar-refractivity contribution is 0.516. The molecule has 1 atom stereocenters. The zero-order valence-electron chi connectivity index (χ0n) is 11.7. The maximum Gasteiger partial charge on any atom is 0.242 e. The molecule has 1 aromatic rings. The van der Waals surface area contributed by atoms with Gasteiger partial charge in [0.05, 0.1) is 16.7 Å². The first-order valence-electron chi connectivity index (χ1n) is 6.36. The first kappa shape index (κ1) is 20.2. The Morgan fingerprint density at radius 3 is 2.62 bits per heavy atom. The van der Waals surface area contributed by atoms with Crippen molar-refractivity contribution in [2.45, 2.75) is 37.1 Å². The van der Waals surface area contributed by atoms with Gasteiger partial charge >= 0.3 is 0 Å². The smallest absolute Gasteiger partial charge is 0.242 e. The van der Waals surface area contributed by atoms with Gasteiger partial charge in [0.1, 0.15) is 4.90 Å². The molecule has 0 aliphatic carbocycles. The maximum absolute atomic E-state index is 12.3. The molecular formula is C13H19Cl2N3O2S. The largest absolute Gasteiger partial charge is 0.329 e. The SMILES string of the molecule is CCCCC(CN)NS(=O)(=O)c1ccc(C#N)cc1Cl.Cl. The second kappa shape index (κ2) is 9.23. The summed E-state index contributed by atoms with van der Waals surface area (Å²) in [6.07, 6.45) is 2.54. The molecule has 21 heavy (non-hydrogen) atoms. The lowest BCUT2D eigenvalue weighted by Crippen LogP contribution is -2.40. The highest BCUT2D eigenvalue weighted by Crippen LogP contribution is 2.22. The molecule has 0 aliphatic heterocycles. The van der Waals surface area contributed by atoms with Crippen molar-refractivity contribution in [1.82, 2.24) is 4.72 Å². The number of unbranched alkanes of at least 4 members (excludes halogenated alkanes) is 1. The van der Waals surface area contributed by atoms with Gasteiger partial charge < -0.3 is 5.73 Å². The minimum Gasteiger partial charge on any atom is -0.329 e. The summed E-state index contributed by atoms with van der Waals surface area (Å²) in [6.45, 7) is 2.26. The third-order valence-corrected chi connectivity index (χ3v) is 4.87. The summed E-state index contributed by atoms with van der Waals surface area (Å²) in [5.74, 6) is 0. The molecule has 0 amide bonds. The van der Waals surface area contributed by atoms with Gasteiger partial charge in [0.25, 0.3) is 0 Å². The Kier molecular flexibility index (Phi) is 8.86. The third kappa shape index (κ3) is 5.81. The fraction of sp³-hybridized carbons (Fsp3) is 0.462. The van der Waals surface area contributed by atoms with Crippen molar-refractivity contribution in [1.29, 1.82) is 5.26 Å². The average Bonchev–Trinajstić information content (AvgIpc) is 2.42. The summed E-state index contributed by atoms with van der Waals surface area (Å²) in [5, 5.41) is 8.78. The van der Waals surface area contributed by atoms with Gasteiger partial charge in [-0.1, -0.05) is 31.4 Å². The monoisotopic (exact) mass is 351 g/mol. The third-order valence-electron chi connectivity index (χ3n) is 2.86. The van der Waals surface area contributed by atoms with E-state index in [2.05, 4.69) is 4.72 Å². The first-order valence-corrected chi connectivity index (χ1v) is 8.22. The summed E-state index contributed by atoms with van der Waals surface area (Å²) < 4.78 is 27.1. The number of nitrogens with zero attached hydrogens (tertiary/aromatic N) is 1. The second-order valence-corrected chi connectivity index (χ2v) is 6.54. The summed E-state index contributed by atoms with van der Waals surface area (Å²) in [4.78, 5) is -0.0342. The van der Waals surface area contributed by atoms with Crippen LogP contribution in [0, 0.1) is 11.3 Å². The molecule has 0 saturated carbocycles. The zero-order chi connectivity index (χ0) is 15.2. The average molecular weight is 352 g/mol. The van der Waals surface area contributed by atoms with Gasteiger partial charge in [0.2, 0.25) is 10.0 Å². The second-order valence-electron chi connectivity index (χ2n) is 4.45. The zero-order valence-corrected chi connectivity index (χ0v) is 14.1. The summed E-state index contributed by atoms with van der Waals surface area (Å²) >= 11 is 5.92. The lowest BCUT2D eigenvalue weighted by Gasteiger charge is -2.17. The van der Waals surface area contributed by atoms with E-state index in [1.807, 2.05) is 13.0 Å². The van der Waals surface area contributed by atoms with E-state index in [1.54, 1.807) is 0 Å². The molecule has 3 N–H and O–H groups in total. The Bertz CT molecular complexity index is 600. The van der Waals surface area contributed by atoms with E-state index in [0.717, 1.165) is 12.8 Å². The van der Waals surface area contributed by atoms with Crippen LogP contribution >= 0.6 is 24.0 Å². The van der Waals surface area contributed by atoms with Crippen LogP contribution in [0.1, 0.15) is 31.7 Å². The van der Waals surface area contributed by atoms with Crippen LogP contribution in [0.5, 0.6) is 0 Å². The van der Waals surface area contributed by atoms with Crippen LogP contribution in [-0.2, 0) is 10.0 Å². The Morgan fingerprint density at radius 2 is 2.14 bits per heavy atom. The van der Waals surface area contributed by atoms with Crippen LogP contribution < -0.4 is 10.5 Å². The van der Waals surface area contributed by atoms with E-state index in [0.29, 0.717) is 12.0 Å². The Labute approximate surface area is 136 Å². The molecule has 0 aliphatic rings. The number of nitrogens with one attached hydrogen (secondary N) is 1. The Hall–Kier alpha value is -0.840. The minimum absolute atomic E-state index is 0. The van der Waals surface area contributed by atoms with Crippen LogP contribution in [0.25, 0.3) is 0 Å². The molecule has 0 fully saturated rings. The van der Waals surface area contributed by atoms with Gasteiger partial charge in [-0.3, -0.25) is 0 Å². The van der Waals surface area contributed by atoms with E-state index in [4.69, 9.17) is 22.6 Å². The summed E-state index contributed by atoms with van der Waals surface area (Å²) in [5.41, 5.74) is 5.89. The minimum atomic E-state index is -3.73. The molecule has 0 spiro atoms. The van der Waals surface area contributed by atoms with Gasteiger partial charge in [-0.2, -0.15) is 5.26 Å². The standard InChI is InChI=1S/C13H18ClN3O2S.ClH/c1-2-3-4-11(9-16)17-20(18,19)13-6-5-10(8-15)7-12(13)14;/h5-7,11,17H,2-4,9,16H2,1H3;1H. The molecule has 0 heterocycles. The Balaban J connectivity index is 0.00000400. The van der Waals surface area contributed by atoms with Crippen molar-refractivity contribution < 1.29 is 8.42 Å². The lowest BCUT2D eigenvalue weighted by atomic mass is 10.1. The number of halogens is 2. The number of nitrogens with two attached hydrogens (primary N) is 1. The van der Waals surface area contributed by atoms with Crippen molar-refractivity contribution in [3.05, 3.63) is 28.8 Å². The molecule has 0 radical (unpaired) electrons. The van der Waals surface area contributed by atoms with Crippen molar-refractivity contribution in [3.63, 3.8) is 0 Å². The summed E-state index contributed by atoms with van der Waals surface area (Å²) in [7, 11) is -3.73. The van der Waals surface area contributed by atoms with Crippen LogP contribution in [0.4, 0.5) is 0 Å². The van der Waals surface area contributed by atoms with Crippen LogP contribution in [-0.4, -0.2) is 21.0 Å². The van der Waals surface area contributed by atoms with Gasteiger partial charge in [0, 0.05) is 12.6 Å². The fourth-order valence-corrected chi connectivity index (χ4v) is 3.57.